The van der Waals surface area contributed by atoms with E-state index in [1.54, 1.807) is 4.90 Å². The smallest absolute Gasteiger partial charge is 0.339 e. The minimum absolute atomic E-state index is 0.0532. The molecule has 0 bridgehead atoms. The number of benzene rings is 2. The predicted octanol–water partition coefficient (Wildman–Crippen LogP) is 3.47. The summed E-state index contributed by atoms with van der Waals surface area (Å²) >= 11 is 1.50. The molecule has 30 heavy (non-hydrogen) atoms. The average Bonchev–Trinajstić information content (AvgIpc) is 2.74. The van der Waals surface area contributed by atoms with Gasteiger partial charge in [0.2, 0.25) is 15.9 Å². The topological polar surface area (TPSA) is 57.7 Å². The second kappa shape index (κ2) is 9.40. The molecule has 3 rings (SSSR count). The second-order valence-corrected chi connectivity index (χ2v) is 9.71. The fraction of sp³-hybridized carbons (Fsp3) is 0.350. The molecule has 2 aromatic carbocycles. The molecule has 1 fully saturated rings. The summed E-state index contributed by atoms with van der Waals surface area (Å²) in [5.74, 6) is 0.970. The molecule has 1 aliphatic heterocycles. The Kier molecular flexibility index (Phi) is 7.10. The fourth-order valence-electron chi connectivity index (χ4n) is 3.06. The van der Waals surface area contributed by atoms with E-state index in [4.69, 9.17) is 0 Å². The van der Waals surface area contributed by atoms with Gasteiger partial charge in [0.25, 0.3) is 0 Å². The van der Waals surface area contributed by atoms with Gasteiger partial charge in [-0.05, 0) is 29.8 Å². The van der Waals surface area contributed by atoms with Gasteiger partial charge in [0.1, 0.15) is 0 Å². The van der Waals surface area contributed by atoms with Gasteiger partial charge in [0, 0.05) is 31.9 Å². The van der Waals surface area contributed by atoms with Crippen molar-refractivity contribution in [2.45, 2.75) is 16.8 Å². The van der Waals surface area contributed by atoms with Gasteiger partial charge in [0.05, 0.1) is 16.2 Å². The Morgan fingerprint density at radius 2 is 1.53 bits per heavy atom. The zero-order valence-corrected chi connectivity index (χ0v) is 17.6. The first-order chi connectivity index (χ1) is 14.2. The van der Waals surface area contributed by atoms with Crippen LogP contribution < -0.4 is 0 Å². The molecule has 0 atom stereocenters. The number of thioether (sulfide) groups is 1. The highest BCUT2D eigenvalue weighted by molar-refractivity contribution is 7.99. The summed E-state index contributed by atoms with van der Waals surface area (Å²) in [5, 5.41) is 0. The Labute approximate surface area is 177 Å². The van der Waals surface area contributed by atoms with Gasteiger partial charge in [-0.2, -0.15) is 17.5 Å². The number of amides is 1. The maximum absolute atomic E-state index is 12.7. The van der Waals surface area contributed by atoms with Crippen LogP contribution in [0.5, 0.6) is 0 Å². The van der Waals surface area contributed by atoms with Gasteiger partial charge in [0.15, 0.2) is 0 Å². The highest BCUT2D eigenvalue weighted by atomic mass is 32.2. The molecule has 0 N–H and O–H groups in total. The molecule has 1 heterocycles. The first-order valence-electron chi connectivity index (χ1n) is 9.25. The third-order valence-corrected chi connectivity index (χ3v) is 7.65. The van der Waals surface area contributed by atoms with Crippen LogP contribution in [0.25, 0.3) is 0 Å². The molecule has 0 spiro atoms. The van der Waals surface area contributed by atoms with Gasteiger partial charge >= 0.3 is 6.18 Å². The van der Waals surface area contributed by atoms with Crippen LogP contribution in [0.4, 0.5) is 13.2 Å². The molecule has 1 saturated heterocycles. The Bertz CT molecular complexity index is 957. The fourth-order valence-corrected chi connectivity index (χ4v) is 5.37. The Morgan fingerprint density at radius 1 is 0.933 bits per heavy atom. The van der Waals surface area contributed by atoms with Crippen molar-refractivity contribution < 1.29 is 26.4 Å². The van der Waals surface area contributed by atoms with Crippen LogP contribution in [-0.2, 0) is 26.7 Å². The van der Waals surface area contributed by atoms with Crippen LogP contribution in [0.15, 0.2) is 59.5 Å². The zero-order chi connectivity index (χ0) is 21.8. The van der Waals surface area contributed by atoms with E-state index in [1.807, 2.05) is 30.3 Å². The van der Waals surface area contributed by atoms with E-state index in [2.05, 4.69) is 0 Å². The molecule has 1 aliphatic rings. The normalized spacial score (nSPS) is 15.9. The van der Waals surface area contributed by atoms with E-state index in [-0.39, 0.29) is 37.0 Å². The van der Waals surface area contributed by atoms with Crippen molar-refractivity contribution in [1.29, 1.82) is 0 Å². The molecule has 0 aliphatic carbocycles. The minimum Gasteiger partial charge on any atom is -0.339 e. The first kappa shape index (κ1) is 22.6. The third kappa shape index (κ3) is 5.55. The van der Waals surface area contributed by atoms with Crippen LogP contribution in [-0.4, -0.2) is 55.5 Å². The zero-order valence-electron chi connectivity index (χ0n) is 16.0. The summed E-state index contributed by atoms with van der Waals surface area (Å²) in [4.78, 5) is 13.8. The minimum atomic E-state index is -4.52. The monoisotopic (exact) mass is 458 g/mol. The van der Waals surface area contributed by atoms with E-state index in [0.29, 0.717) is 5.75 Å². The van der Waals surface area contributed by atoms with Crippen LogP contribution in [0.1, 0.15) is 11.1 Å². The van der Waals surface area contributed by atoms with Gasteiger partial charge < -0.3 is 4.90 Å². The van der Waals surface area contributed by atoms with Crippen LogP contribution in [0.3, 0.4) is 0 Å². The van der Waals surface area contributed by atoms with Crippen molar-refractivity contribution in [3.63, 3.8) is 0 Å². The predicted molar refractivity (Wildman–Crippen MR) is 109 cm³/mol. The standard InChI is InChI=1S/C20H21F3N2O3S2/c21-20(22,23)17-6-8-18(9-7-17)30(27,28)25-12-10-24(11-13-25)19(26)15-29-14-16-4-2-1-3-5-16/h1-9H,10-15H2. The van der Waals surface area contributed by atoms with E-state index in [1.165, 1.54) is 16.1 Å². The van der Waals surface area contributed by atoms with Gasteiger partial charge in [-0.25, -0.2) is 8.42 Å². The van der Waals surface area contributed by atoms with E-state index in [0.717, 1.165) is 35.6 Å². The second-order valence-electron chi connectivity index (χ2n) is 6.79. The van der Waals surface area contributed by atoms with E-state index >= 15 is 0 Å². The number of carbonyl (C=O) groups excluding carboxylic acids is 1. The lowest BCUT2D eigenvalue weighted by Crippen LogP contribution is -2.50. The van der Waals surface area contributed by atoms with E-state index in [9.17, 15) is 26.4 Å². The number of hydrogen-bond donors (Lipinski definition) is 0. The molecule has 162 valence electrons. The van der Waals surface area contributed by atoms with Gasteiger partial charge in [-0.3, -0.25) is 4.79 Å². The molecule has 0 unspecified atom stereocenters. The van der Waals surface area contributed by atoms with Gasteiger partial charge in [-0.15, -0.1) is 11.8 Å². The number of alkyl halides is 3. The summed E-state index contributed by atoms with van der Waals surface area (Å²) in [6.07, 6.45) is -4.52. The summed E-state index contributed by atoms with van der Waals surface area (Å²) in [7, 11) is -3.90. The highest BCUT2D eigenvalue weighted by Crippen LogP contribution is 2.30. The lowest BCUT2D eigenvalue weighted by atomic mass is 10.2. The van der Waals surface area contributed by atoms with Crippen molar-refractivity contribution in [1.82, 2.24) is 9.21 Å². The Hall–Kier alpha value is -2.04. The molecular weight excluding hydrogens is 437 g/mol. The highest BCUT2D eigenvalue weighted by Gasteiger charge is 2.33. The molecule has 10 heteroatoms. The number of piperazine rings is 1. The van der Waals surface area contributed by atoms with Crippen LogP contribution in [0.2, 0.25) is 0 Å². The van der Waals surface area contributed by atoms with E-state index < -0.39 is 21.8 Å². The number of hydrogen-bond acceptors (Lipinski definition) is 4. The summed E-state index contributed by atoms with van der Waals surface area (Å²) in [6.45, 7) is 0.728. The quantitative estimate of drug-likeness (QED) is 0.665. The van der Waals surface area contributed by atoms with Crippen LogP contribution in [0, 0.1) is 0 Å². The molecular formula is C20H21F3N2O3S2. The largest absolute Gasteiger partial charge is 0.416 e. The van der Waals surface area contributed by atoms with Crippen molar-refractivity contribution >= 4 is 27.7 Å². The van der Waals surface area contributed by atoms with Crippen molar-refractivity contribution in [2.75, 3.05) is 31.9 Å². The van der Waals surface area contributed by atoms with Gasteiger partial charge in [-0.1, -0.05) is 30.3 Å². The Morgan fingerprint density at radius 3 is 2.10 bits per heavy atom. The number of nitrogens with zero attached hydrogens (tertiary/aromatic N) is 2. The Balaban J connectivity index is 1.52. The number of carbonyl (C=O) groups is 1. The summed E-state index contributed by atoms with van der Waals surface area (Å²) in [5.41, 5.74) is 0.229. The summed E-state index contributed by atoms with van der Waals surface area (Å²) in [6, 6.07) is 13.2. The molecule has 5 nitrogen and oxygen atoms in total. The number of sulfonamides is 1. The first-order valence-corrected chi connectivity index (χ1v) is 11.8. The van der Waals surface area contributed by atoms with Crippen LogP contribution >= 0.6 is 11.8 Å². The van der Waals surface area contributed by atoms with Crippen molar-refractivity contribution in [3.8, 4) is 0 Å². The molecule has 1 amide bonds. The molecule has 2 aromatic rings. The SMILES string of the molecule is O=C(CSCc1ccccc1)N1CCN(S(=O)(=O)c2ccc(C(F)(F)F)cc2)CC1. The average molecular weight is 459 g/mol. The molecule has 0 radical (unpaired) electrons. The lowest BCUT2D eigenvalue weighted by Gasteiger charge is -2.34. The van der Waals surface area contributed by atoms with Crippen molar-refractivity contribution in [2.24, 2.45) is 0 Å². The maximum Gasteiger partial charge on any atom is 0.416 e. The maximum atomic E-state index is 12.7. The van der Waals surface area contributed by atoms with Crippen molar-refractivity contribution in [3.05, 3.63) is 65.7 Å². The number of halogens is 3. The lowest BCUT2D eigenvalue weighted by molar-refractivity contribution is -0.137. The number of rotatable bonds is 6. The third-order valence-electron chi connectivity index (χ3n) is 4.75. The summed E-state index contributed by atoms with van der Waals surface area (Å²) < 4.78 is 64.6. The molecule has 0 aromatic heterocycles. The molecule has 0 saturated carbocycles.